The van der Waals surface area contributed by atoms with Gasteiger partial charge in [-0.25, -0.2) is 0 Å². The summed E-state index contributed by atoms with van der Waals surface area (Å²) in [5.74, 6) is 1.34. The average Bonchev–Trinajstić information content (AvgIpc) is 2.86. The molecule has 2 heterocycles. The topological polar surface area (TPSA) is 29.9 Å². The summed E-state index contributed by atoms with van der Waals surface area (Å²) in [5, 5.41) is 8.77. The van der Waals surface area contributed by atoms with Gasteiger partial charge in [-0.05, 0) is 32.4 Å². The molecule has 2 atom stereocenters. The molecule has 0 radical (unpaired) electrons. The predicted octanol–water partition coefficient (Wildman–Crippen LogP) is 2.84. The quantitative estimate of drug-likeness (QED) is 0.875. The van der Waals surface area contributed by atoms with Crippen LogP contribution in [-0.2, 0) is 6.54 Å². The second-order valence-corrected chi connectivity index (χ2v) is 6.16. The van der Waals surface area contributed by atoms with Crippen LogP contribution < -0.4 is 5.32 Å². The fourth-order valence-electron chi connectivity index (χ4n) is 2.17. The monoisotopic (exact) mass is 253 g/mol. The Morgan fingerprint density at radius 3 is 3.12 bits per heavy atom. The van der Waals surface area contributed by atoms with Crippen LogP contribution in [0.2, 0.25) is 0 Å². The van der Waals surface area contributed by atoms with Crippen LogP contribution in [0.3, 0.4) is 0 Å². The van der Waals surface area contributed by atoms with Crippen LogP contribution in [0.5, 0.6) is 0 Å². The van der Waals surface area contributed by atoms with Crippen molar-refractivity contribution in [3.8, 4) is 0 Å². The second-order valence-electron chi connectivity index (χ2n) is 4.75. The summed E-state index contributed by atoms with van der Waals surface area (Å²) in [6.07, 6.45) is 8.31. The van der Waals surface area contributed by atoms with Crippen molar-refractivity contribution in [2.75, 3.05) is 12.3 Å². The van der Waals surface area contributed by atoms with Crippen LogP contribution in [-0.4, -0.2) is 27.3 Å². The third-order valence-electron chi connectivity index (χ3n) is 3.40. The zero-order chi connectivity index (χ0) is 12.1. The van der Waals surface area contributed by atoms with Crippen molar-refractivity contribution in [2.24, 2.45) is 0 Å². The first-order valence-electron chi connectivity index (χ1n) is 6.67. The molecule has 1 aromatic heterocycles. The second kappa shape index (κ2) is 6.45. The van der Waals surface area contributed by atoms with Crippen molar-refractivity contribution in [3.05, 3.63) is 18.0 Å². The number of thioether (sulfide) groups is 1. The highest BCUT2D eigenvalue weighted by molar-refractivity contribution is 7.99. The van der Waals surface area contributed by atoms with Crippen molar-refractivity contribution in [1.29, 1.82) is 0 Å². The van der Waals surface area contributed by atoms with E-state index in [0.717, 1.165) is 18.3 Å². The molecule has 2 rings (SSSR count). The summed E-state index contributed by atoms with van der Waals surface area (Å²) in [6.45, 7) is 6.42. The normalized spacial score (nSPS) is 22.6. The van der Waals surface area contributed by atoms with Crippen molar-refractivity contribution >= 4 is 11.8 Å². The average molecular weight is 253 g/mol. The fraction of sp³-hybridized carbons (Fsp3) is 0.769. The lowest BCUT2D eigenvalue weighted by molar-refractivity contribution is 0.538. The van der Waals surface area contributed by atoms with Gasteiger partial charge in [-0.15, -0.1) is 0 Å². The Bertz CT molecular complexity index is 331. The summed E-state index contributed by atoms with van der Waals surface area (Å²) < 4.78 is 1.99. The molecule has 1 aliphatic heterocycles. The van der Waals surface area contributed by atoms with Gasteiger partial charge in [0.15, 0.2) is 0 Å². The van der Waals surface area contributed by atoms with E-state index in [1.807, 2.05) is 10.9 Å². The highest BCUT2D eigenvalue weighted by atomic mass is 32.2. The minimum Gasteiger partial charge on any atom is -0.309 e. The van der Waals surface area contributed by atoms with Crippen LogP contribution in [0.4, 0.5) is 0 Å². The molecular formula is C13H23N3S. The summed E-state index contributed by atoms with van der Waals surface area (Å²) >= 11 is 2.13. The Morgan fingerprint density at radius 2 is 2.47 bits per heavy atom. The first-order chi connectivity index (χ1) is 8.29. The van der Waals surface area contributed by atoms with Crippen molar-refractivity contribution in [2.45, 2.75) is 50.9 Å². The van der Waals surface area contributed by atoms with Gasteiger partial charge in [0.25, 0.3) is 0 Å². The Hall–Kier alpha value is -0.480. The largest absolute Gasteiger partial charge is 0.309 e. The molecule has 0 saturated carbocycles. The van der Waals surface area contributed by atoms with Crippen molar-refractivity contribution in [1.82, 2.24) is 15.1 Å². The maximum absolute atomic E-state index is 4.32. The van der Waals surface area contributed by atoms with Gasteiger partial charge in [0.2, 0.25) is 0 Å². The lowest BCUT2D eigenvalue weighted by Crippen LogP contribution is -2.28. The number of hydrogen-bond donors (Lipinski definition) is 1. The molecule has 0 aliphatic carbocycles. The highest BCUT2D eigenvalue weighted by Crippen LogP contribution is 2.25. The molecule has 1 saturated heterocycles. The third kappa shape index (κ3) is 3.75. The standard InChI is InChI=1S/C13H23N3S/c1-3-16-10-12(8-15-16)11(2)14-9-13-6-4-5-7-17-13/h8,10-11,13-14H,3-7,9H2,1-2H3. The van der Waals surface area contributed by atoms with Crippen LogP contribution >= 0.6 is 11.8 Å². The molecule has 4 heteroatoms. The van der Waals surface area contributed by atoms with Crippen LogP contribution in [0.1, 0.15) is 44.7 Å². The first-order valence-corrected chi connectivity index (χ1v) is 7.71. The smallest absolute Gasteiger partial charge is 0.0537 e. The maximum atomic E-state index is 4.32. The van der Waals surface area contributed by atoms with Crippen LogP contribution in [0.15, 0.2) is 12.4 Å². The van der Waals surface area contributed by atoms with Gasteiger partial charge in [-0.1, -0.05) is 6.42 Å². The van der Waals surface area contributed by atoms with Gasteiger partial charge in [-0.3, -0.25) is 4.68 Å². The van der Waals surface area contributed by atoms with E-state index in [1.165, 1.54) is 30.6 Å². The number of hydrogen-bond acceptors (Lipinski definition) is 3. The summed E-state index contributed by atoms with van der Waals surface area (Å²) in [5.41, 5.74) is 1.30. The van der Waals surface area contributed by atoms with E-state index < -0.39 is 0 Å². The van der Waals surface area contributed by atoms with E-state index in [-0.39, 0.29) is 0 Å². The molecule has 1 N–H and O–H groups in total. The molecule has 17 heavy (non-hydrogen) atoms. The molecule has 0 spiro atoms. The lowest BCUT2D eigenvalue weighted by atomic mass is 10.1. The molecule has 3 nitrogen and oxygen atoms in total. The van der Waals surface area contributed by atoms with Crippen molar-refractivity contribution < 1.29 is 0 Å². The number of nitrogens with zero attached hydrogens (tertiary/aromatic N) is 2. The van der Waals surface area contributed by atoms with Gasteiger partial charge in [0.05, 0.1) is 6.20 Å². The van der Waals surface area contributed by atoms with Gasteiger partial charge < -0.3 is 5.32 Å². The summed E-state index contributed by atoms with van der Waals surface area (Å²) in [4.78, 5) is 0. The number of nitrogens with one attached hydrogen (secondary N) is 1. The zero-order valence-corrected chi connectivity index (χ0v) is 11.7. The van der Waals surface area contributed by atoms with E-state index in [1.54, 1.807) is 0 Å². The minimum atomic E-state index is 0.415. The van der Waals surface area contributed by atoms with Crippen LogP contribution in [0, 0.1) is 0 Å². The summed E-state index contributed by atoms with van der Waals surface area (Å²) in [6, 6.07) is 0.415. The summed E-state index contributed by atoms with van der Waals surface area (Å²) in [7, 11) is 0. The van der Waals surface area contributed by atoms with Gasteiger partial charge >= 0.3 is 0 Å². The predicted molar refractivity (Wildman–Crippen MR) is 74.4 cm³/mol. The van der Waals surface area contributed by atoms with E-state index in [0.29, 0.717) is 6.04 Å². The highest BCUT2D eigenvalue weighted by Gasteiger charge is 2.15. The Kier molecular flexibility index (Phi) is 4.92. The number of rotatable bonds is 5. The van der Waals surface area contributed by atoms with E-state index in [4.69, 9.17) is 0 Å². The molecule has 1 aliphatic rings. The fourth-order valence-corrected chi connectivity index (χ4v) is 3.42. The van der Waals surface area contributed by atoms with Gasteiger partial charge in [-0.2, -0.15) is 16.9 Å². The van der Waals surface area contributed by atoms with Gasteiger partial charge in [0, 0.05) is 36.1 Å². The molecule has 2 unspecified atom stereocenters. The number of aryl methyl sites for hydroxylation is 1. The van der Waals surface area contributed by atoms with Gasteiger partial charge in [0.1, 0.15) is 0 Å². The van der Waals surface area contributed by atoms with Crippen molar-refractivity contribution in [3.63, 3.8) is 0 Å². The molecule has 1 fully saturated rings. The van der Waals surface area contributed by atoms with E-state index in [2.05, 4.69) is 42.2 Å². The van der Waals surface area contributed by atoms with E-state index in [9.17, 15) is 0 Å². The number of aromatic nitrogens is 2. The molecule has 0 bridgehead atoms. The Balaban J connectivity index is 1.77. The van der Waals surface area contributed by atoms with Crippen LogP contribution in [0.25, 0.3) is 0 Å². The zero-order valence-electron chi connectivity index (χ0n) is 10.9. The molecule has 0 aromatic carbocycles. The molecule has 1 aromatic rings. The van der Waals surface area contributed by atoms with E-state index >= 15 is 0 Å². The molecular weight excluding hydrogens is 230 g/mol. The minimum absolute atomic E-state index is 0.415. The third-order valence-corrected chi connectivity index (χ3v) is 4.80. The Morgan fingerprint density at radius 1 is 1.59 bits per heavy atom. The molecule has 0 amide bonds. The molecule has 96 valence electrons. The first kappa shape index (κ1) is 13.0. The Labute approximate surface area is 108 Å². The lowest BCUT2D eigenvalue weighted by Gasteiger charge is -2.23. The maximum Gasteiger partial charge on any atom is 0.0537 e. The SMILES string of the molecule is CCn1cc(C(C)NCC2CCCCS2)cn1.